The molecule has 1 aliphatic rings. The topological polar surface area (TPSA) is 70.4 Å². The van der Waals surface area contributed by atoms with E-state index in [1.807, 2.05) is 61.5 Å². The molecule has 1 aliphatic heterocycles. The van der Waals surface area contributed by atoms with Crippen LogP contribution >= 0.6 is 0 Å². The number of rotatable bonds is 7. The van der Waals surface area contributed by atoms with Gasteiger partial charge in [-0.1, -0.05) is 18.2 Å². The summed E-state index contributed by atoms with van der Waals surface area (Å²) >= 11 is 0. The van der Waals surface area contributed by atoms with Crippen molar-refractivity contribution in [3.05, 3.63) is 81.7 Å². The number of hydrogen-bond donors (Lipinski definition) is 0. The second kappa shape index (κ2) is 9.95. The SMILES string of the molecule is COc1ccc(-c2c(C)c3ccc4c(c3oc2=O)CN(CCc2ccc(OC)c(OC)c2)CO4)cc1. The summed E-state index contributed by atoms with van der Waals surface area (Å²) in [4.78, 5) is 15.3. The predicted molar refractivity (Wildman–Crippen MR) is 138 cm³/mol. The number of nitrogens with zero attached hydrogens (tertiary/aromatic N) is 1. The maximum Gasteiger partial charge on any atom is 0.344 e. The molecular formula is C29H29NO6. The number of hydrogen-bond acceptors (Lipinski definition) is 7. The van der Waals surface area contributed by atoms with Crippen LogP contribution in [-0.4, -0.2) is 39.5 Å². The molecule has 0 unspecified atom stereocenters. The number of fused-ring (bicyclic) bond motifs is 3. The van der Waals surface area contributed by atoms with Gasteiger partial charge in [-0.15, -0.1) is 0 Å². The molecule has 1 aromatic heterocycles. The molecule has 0 atom stereocenters. The molecule has 0 amide bonds. The standard InChI is InChI=1S/C29H29NO6/c1-18-22-10-12-24-23(28(22)36-29(31)27(18)20-6-8-21(32-2)9-7-20)16-30(17-35-24)14-13-19-5-11-25(33-3)26(15-19)34-4/h5-12,15H,13-14,16-17H2,1-4H3. The molecule has 0 radical (unpaired) electrons. The number of benzene rings is 3. The number of methoxy groups -OCH3 is 3. The Morgan fingerprint density at radius 2 is 1.69 bits per heavy atom. The molecule has 2 heterocycles. The molecule has 0 saturated heterocycles. The van der Waals surface area contributed by atoms with Crippen molar-refractivity contribution in [2.24, 2.45) is 0 Å². The van der Waals surface area contributed by atoms with Gasteiger partial charge in [0, 0.05) is 18.5 Å². The predicted octanol–water partition coefficient (Wildman–Crippen LogP) is 5.19. The highest BCUT2D eigenvalue weighted by atomic mass is 16.5. The van der Waals surface area contributed by atoms with E-state index >= 15 is 0 Å². The molecule has 0 aliphatic carbocycles. The molecule has 186 valence electrons. The van der Waals surface area contributed by atoms with Crippen LogP contribution in [0, 0.1) is 6.92 Å². The molecule has 36 heavy (non-hydrogen) atoms. The van der Waals surface area contributed by atoms with Crippen LogP contribution in [0.25, 0.3) is 22.1 Å². The van der Waals surface area contributed by atoms with Crippen molar-refractivity contribution in [1.82, 2.24) is 4.90 Å². The first-order valence-electron chi connectivity index (χ1n) is 11.8. The fourth-order valence-corrected chi connectivity index (χ4v) is 4.73. The van der Waals surface area contributed by atoms with Gasteiger partial charge >= 0.3 is 5.63 Å². The largest absolute Gasteiger partial charge is 0.497 e. The Balaban J connectivity index is 1.42. The van der Waals surface area contributed by atoms with Crippen LogP contribution in [0.2, 0.25) is 0 Å². The van der Waals surface area contributed by atoms with Gasteiger partial charge in [0.15, 0.2) is 11.5 Å². The third kappa shape index (κ3) is 4.38. The summed E-state index contributed by atoms with van der Waals surface area (Å²) < 4.78 is 28.0. The van der Waals surface area contributed by atoms with Gasteiger partial charge in [0.05, 0.1) is 32.5 Å². The van der Waals surface area contributed by atoms with E-state index in [-0.39, 0.29) is 5.63 Å². The molecule has 7 heteroatoms. The molecule has 7 nitrogen and oxygen atoms in total. The Kier molecular flexibility index (Phi) is 6.57. The zero-order valence-electron chi connectivity index (χ0n) is 20.9. The van der Waals surface area contributed by atoms with Crippen LogP contribution < -0.4 is 24.6 Å². The second-order valence-corrected chi connectivity index (χ2v) is 8.80. The minimum atomic E-state index is -0.360. The van der Waals surface area contributed by atoms with Crippen LogP contribution in [0.15, 0.2) is 63.8 Å². The molecule has 5 rings (SSSR count). The van der Waals surface area contributed by atoms with E-state index in [1.54, 1.807) is 21.3 Å². The average Bonchev–Trinajstić information content (AvgIpc) is 2.92. The van der Waals surface area contributed by atoms with Crippen molar-refractivity contribution < 1.29 is 23.4 Å². The van der Waals surface area contributed by atoms with E-state index in [2.05, 4.69) is 4.90 Å². The van der Waals surface area contributed by atoms with Gasteiger partial charge in [-0.25, -0.2) is 4.79 Å². The van der Waals surface area contributed by atoms with Crippen LogP contribution in [0.1, 0.15) is 16.7 Å². The van der Waals surface area contributed by atoms with Gasteiger partial charge in [-0.2, -0.15) is 0 Å². The highest BCUT2D eigenvalue weighted by Gasteiger charge is 2.24. The van der Waals surface area contributed by atoms with E-state index in [4.69, 9.17) is 23.4 Å². The third-order valence-electron chi connectivity index (χ3n) is 6.72. The zero-order chi connectivity index (χ0) is 25.2. The molecule has 0 N–H and O–H groups in total. The summed E-state index contributed by atoms with van der Waals surface area (Å²) in [5.74, 6) is 2.92. The summed E-state index contributed by atoms with van der Waals surface area (Å²) in [6, 6.07) is 17.3. The van der Waals surface area contributed by atoms with Gasteiger partial charge in [-0.05, 0) is 66.4 Å². The molecule has 3 aromatic carbocycles. The summed E-state index contributed by atoms with van der Waals surface area (Å²) in [5.41, 5.74) is 4.51. The van der Waals surface area contributed by atoms with Gasteiger partial charge in [0.1, 0.15) is 23.8 Å². The van der Waals surface area contributed by atoms with E-state index in [0.717, 1.165) is 52.1 Å². The summed E-state index contributed by atoms with van der Waals surface area (Å²) in [6.07, 6.45) is 0.814. The van der Waals surface area contributed by atoms with Gasteiger partial charge in [0.25, 0.3) is 0 Å². The Bertz CT molecular complexity index is 1460. The summed E-state index contributed by atoms with van der Waals surface area (Å²) in [5, 5.41) is 0.907. The van der Waals surface area contributed by atoms with Crippen LogP contribution in [0.3, 0.4) is 0 Å². The zero-order valence-corrected chi connectivity index (χ0v) is 20.9. The lowest BCUT2D eigenvalue weighted by atomic mass is 9.97. The second-order valence-electron chi connectivity index (χ2n) is 8.80. The molecular weight excluding hydrogens is 458 g/mol. The minimum absolute atomic E-state index is 0.360. The fourth-order valence-electron chi connectivity index (χ4n) is 4.73. The van der Waals surface area contributed by atoms with Crippen LogP contribution in [0.5, 0.6) is 23.0 Å². The summed E-state index contributed by atoms with van der Waals surface area (Å²) in [6.45, 7) is 3.84. The lowest BCUT2D eigenvalue weighted by molar-refractivity contribution is 0.0967. The highest BCUT2D eigenvalue weighted by Crippen LogP contribution is 2.36. The molecule has 0 spiro atoms. The average molecular weight is 488 g/mol. The minimum Gasteiger partial charge on any atom is -0.497 e. The van der Waals surface area contributed by atoms with Crippen molar-refractivity contribution in [2.75, 3.05) is 34.6 Å². The Hall–Kier alpha value is -3.97. The van der Waals surface area contributed by atoms with Crippen molar-refractivity contribution in [3.63, 3.8) is 0 Å². The van der Waals surface area contributed by atoms with E-state index in [9.17, 15) is 4.79 Å². The maximum atomic E-state index is 13.1. The van der Waals surface area contributed by atoms with Gasteiger partial charge < -0.3 is 23.4 Å². The maximum absolute atomic E-state index is 13.1. The van der Waals surface area contributed by atoms with Crippen molar-refractivity contribution in [3.8, 4) is 34.1 Å². The monoisotopic (exact) mass is 487 g/mol. The normalized spacial score (nSPS) is 13.2. The first kappa shape index (κ1) is 23.8. The first-order valence-corrected chi connectivity index (χ1v) is 11.8. The molecule has 0 fully saturated rings. The van der Waals surface area contributed by atoms with Crippen LogP contribution in [0.4, 0.5) is 0 Å². The Labute approximate surface area is 209 Å². The van der Waals surface area contributed by atoms with E-state index in [0.29, 0.717) is 35.9 Å². The lowest BCUT2D eigenvalue weighted by Crippen LogP contribution is -2.33. The highest BCUT2D eigenvalue weighted by molar-refractivity contribution is 5.90. The Morgan fingerprint density at radius 3 is 2.42 bits per heavy atom. The number of aryl methyl sites for hydroxylation is 1. The van der Waals surface area contributed by atoms with Crippen molar-refractivity contribution >= 4 is 11.0 Å². The molecule has 0 bridgehead atoms. The number of ether oxygens (including phenoxy) is 4. The van der Waals surface area contributed by atoms with E-state index < -0.39 is 0 Å². The third-order valence-corrected chi connectivity index (χ3v) is 6.72. The smallest absolute Gasteiger partial charge is 0.344 e. The molecule has 4 aromatic rings. The van der Waals surface area contributed by atoms with Gasteiger partial charge in [0.2, 0.25) is 0 Å². The quantitative estimate of drug-likeness (QED) is 0.332. The molecule has 0 saturated carbocycles. The fraction of sp³-hybridized carbons (Fsp3) is 0.276. The summed E-state index contributed by atoms with van der Waals surface area (Å²) in [7, 11) is 4.88. The van der Waals surface area contributed by atoms with E-state index in [1.165, 1.54) is 0 Å². The van der Waals surface area contributed by atoms with Crippen molar-refractivity contribution in [1.29, 1.82) is 0 Å². The Morgan fingerprint density at radius 1 is 0.917 bits per heavy atom. The first-order chi connectivity index (χ1) is 17.5. The van der Waals surface area contributed by atoms with Crippen molar-refractivity contribution in [2.45, 2.75) is 19.9 Å². The lowest BCUT2D eigenvalue weighted by Gasteiger charge is -2.29. The van der Waals surface area contributed by atoms with Gasteiger partial charge in [-0.3, -0.25) is 4.90 Å². The van der Waals surface area contributed by atoms with Crippen LogP contribution in [-0.2, 0) is 13.0 Å².